The van der Waals surface area contributed by atoms with E-state index in [0.717, 1.165) is 25.2 Å². The molecule has 4 nitrogen and oxygen atoms in total. The van der Waals surface area contributed by atoms with Crippen molar-refractivity contribution >= 4 is 5.91 Å². The van der Waals surface area contributed by atoms with Gasteiger partial charge in [0.05, 0.1) is 0 Å². The molecule has 0 bridgehead atoms. The minimum Gasteiger partial charge on any atom is -0.350 e. The summed E-state index contributed by atoms with van der Waals surface area (Å²) in [4.78, 5) is 14.6. The Bertz CT molecular complexity index is 430. The number of rotatable bonds is 5. The van der Waals surface area contributed by atoms with Crippen LogP contribution >= 0.6 is 0 Å². The van der Waals surface area contributed by atoms with Crippen LogP contribution in [0.1, 0.15) is 42.1 Å². The van der Waals surface area contributed by atoms with Gasteiger partial charge in [-0.15, -0.1) is 0 Å². The molecule has 0 spiro atoms. The number of hydrogen-bond donors (Lipinski definition) is 2. The summed E-state index contributed by atoms with van der Waals surface area (Å²) in [6.07, 6.45) is 3.72. The zero-order chi connectivity index (χ0) is 14.4. The first kappa shape index (κ1) is 15.0. The second-order valence-electron chi connectivity index (χ2n) is 5.39. The molecule has 1 unspecified atom stereocenters. The molecule has 0 aromatic heterocycles. The van der Waals surface area contributed by atoms with Gasteiger partial charge in [-0.25, -0.2) is 0 Å². The van der Waals surface area contributed by atoms with E-state index in [4.69, 9.17) is 5.73 Å². The molecule has 0 aliphatic carbocycles. The van der Waals surface area contributed by atoms with Crippen molar-refractivity contribution in [3.8, 4) is 0 Å². The third-order valence-electron chi connectivity index (χ3n) is 4.11. The van der Waals surface area contributed by atoms with Crippen LogP contribution in [0.5, 0.6) is 0 Å². The zero-order valence-electron chi connectivity index (χ0n) is 12.3. The number of carbonyl (C=O) groups excluding carboxylic acids is 1. The summed E-state index contributed by atoms with van der Waals surface area (Å²) in [5.41, 5.74) is 7.31. The van der Waals surface area contributed by atoms with Crippen molar-refractivity contribution < 1.29 is 4.79 Å². The molecular formula is C16H25N3O. The molecule has 0 saturated carbocycles. The lowest BCUT2D eigenvalue weighted by molar-refractivity contribution is 0.0918. The fourth-order valence-electron chi connectivity index (χ4n) is 2.81. The lowest BCUT2D eigenvalue weighted by Gasteiger charge is -2.34. The maximum Gasteiger partial charge on any atom is 0.251 e. The van der Waals surface area contributed by atoms with Gasteiger partial charge in [0.25, 0.3) is 5.91 Å². The number of carbonyl (C=O) groups is 1. The summed E-state index contributed by atoms with van der Waals surface area (Å²) < 4.78 is 0. The Morgan fingerprint density at radius 2 is 2.10 bits per heavy atom. The predicted molar refractivity (Wildman–Crippen MR) is 81.6 cm³/mol. The fraction of sp³-hybridized carbons (Fsp3) is 0.562. The van der Waals surface area contributed by atoms with Crippen LogP contribution in [-0.4, -0.2) is 36.5 Å². The highest BCUT2D eigenvalue weighted by Crippen LogP contribution is 2.16. The first-order valence-electron chi connectivity index (χ1n) is 7.56. The highest BCUT2D eigenvalue weighted by molar-refractivity contribution is 5.94. The van der Waals surface area contributed by atoms with Gasteiger partial charge in [-0.1, -0.05) is 25.5 Å². The highest BCUT2D eigenvalue weighted by atomic mass is 16.1. The minimum absolute atomic E-state index is 0.00944. The topological polar surface area (TPSA) is 58.4 Å². The Morgan fingerprint density at radius 3 is 2.75 bits per heavy atom. The Balaban J connectivity index is 1.87. The van der Waals surface area contributed by atoms with Crippen molar-refractivity contribution in [1.29, 1.82) is 0 Å². The van der Waals surface area contributed by atoms with Crippen LogP contribution in [-0.2, 0) is 6.54 Å². The van der Waals surface area contributed by atoms with E-state index in [2.05, 4.69) is 17.1 Å². The molecule has 1 aromatic rings. The molecule has 0 radical (unpaired) electrons. The molecule has 1 aliphatic rings. The van der Waals surface area contributed by atoms with E-state index in [-0.39, 0.29) is 5.91 Å². The van der Waals surface area contributed by atoms with E-state index in [1.165, 1.54) is 19.3 Å². The van der Waals surface area contributed by atoms with Crippen molar-refractivity contribution in [3.63, 3.8) is 0 Å². The number of likely N-dealkylation sites (tertiary alicyclic amines) is 1. The van der Waals surface area contributed by atoms with Gasteiger partial charge in [0, 0.05) is 24.7 Å². The summed E-state index contributed by atoms with van der Waals surface area (Å²) in [5.74, 6) is 0.00944. The first-order valence-corrected chi connectivity index (χ1v) is 7.56. The van der Waals surface area contributed by atoms with Crippen LogP contribution in [0.4, 0.5) is 0 Å². The smallest absolute Gasteiger partial charge is 0.251 e. The molecule has 1 aromatic carbocycles. The molecule has 1 saturated heterocycles. The van der Waals surface area contributed by atoms with E-state index in [9.17, 15) is 4.79 Å². The number of likely N-dealkylation sites (N-methyl/N-ethyl adjacent to an activating group) is 1. The molecule has 110 valence electrons. The summed E-state index contributed by atoms with van der Waals surface area (Å²) in [5, 5.41) is 3.06. The predicted octanol–water partition coefficient (Wildman–Crippen LogP) is 1.75. The fourth-order valence-corrected chi connectivity index (χ4v) is 2.81. The van der Waals surface area contributed by atoms with Crippen LogP contribution in [0.3, 0.4) is 0 Å². The van der Waals surface area contributed by atoms with Gasteiger partial charge in [0.2, 0.25) is 0 Å². The number of benzene rings is 1. The molecule has 1 amide bonds. The lowest BCUT2D eigenvalue weighted by Crippen LogP contribution is -2.46. The summed E-state index contributed by atoms with van der Waals surface area (Å²) in [7, 11) is 0. The van der Waals surface area contributed by atoms with Gasteiger partial charge in [-0.2, -0.15) is 0 Å². The average Bonchev–Trinajstić information content (AvgIpc) is 2.53. The molecule has 2 rings (SSSR count). The summed E-state index contributed by atoms with van der Waals surface area (Å²) in [6.45, 7) is 5.65. The number of hydrogen-bond acceptors (Lipinski definition) is 3. The van der Waals surface area contributed by atoms with Crippen molar-refractivity contribution in [3.05, 3.63) is 35.4 Å². The van der Waals surface area contributed by atoms with Gasteiger partial charge < -0.3 is 11.1 Å². The van der Waals surface area contributed by atoms with E-state index in [0.29, 0.717) is 18.2 Å². The number of amides is 1. The Morgan fingerprint density at radius 1 is 1.35 bits per heavy atom. The maximum absolute atomic E-state index is 12.1. The normalized spacial score (nSPS) is 19.8. The van der Waals surface area contributed by atoms with Crippen LogP contribution in [0.2, 0.25) is 0 Å². The van der Waals surface area contributed by atoms with Crippen molar-refractivity contribution in [2.45, 2.75) is 38.8 Å². The number of nitrogens with two attached hydrogens (primary N) is 1. The zero-order valence-corrected chi connectivity index (χ0v) is 12.3. The standard InChI is InChI=1S/C16H25N3O/c1-2-19-10-4-3-5-15(19)12-18-16(20)14-8-6-13(11-17)7-9-14/h6-9,15H,2-5,10-12,17H2,1H3,(H,18,20). The van der Waals surface area contributed by atoms with Crippen molar-refractivity contribution in [1.82, 2.24) is 10.2 Å². The second-order valence-corrected chi connectivity index (χ2v) is 5.39. The monoisotopic (exact) mass is 275 g/mol. The van der Waals surface area contributed by atoms with Crippen LogP contribution in [0.15, 0.2) is 24.3 Å². The maximum atomic E-state index is 12.1. The second kappa shape index (κ2) is 7.41. The third-order valence-corrected chi connectivity index (χ3v) is 4.11. The number of nitrogens with one attached hydrogen (secondary N) is 1. The summed E-state index contributed by atoms with van der Waals surface area (Å²) >= 11 is 0. The Hall–Kier alpha value is -1.39. The number of piperidine rings is 1. The Kier molecular flexibility index (Phi) is 5.56. The largest absolute Gasteiger partial charge is 0.350 e. The van der Waals surface area contributed by atoms with Gasteiger partial charge in [0.1, 0.15) is 0 Å². The van der Waals surface area contributed by atoms with Crippen molar-refractivity contribution in [2.75, 3.05) is 19.6 Å². The van der Waals surface area contributed by atoms with E-state index in [1.807, 2.05) is 24.3 Å². The molecule has 1 aliphatic heterocycles. The van der Waals surface area contributed by atoms with Crippen LogP contribution in [0.25, 0.3) is 0 Å². The van der Waals surface area contributed by atoms with Crippen LogP contribution < -0.4 is 11.1 Å². The molecule has 1 atom stereocenters. The average molecular weight is 275 g/mol. The molecule has 4 heteroatoms. The van der Waals surface area contributed by atoms with E-state index < -0.39 is 0 Å². The van der Waals surface area contributed by atoms with Gasteiger partial charge in [-0.05, 0) is 43.6 Å². The minimum atomic E-state index is 0.00944. The molecule has 1 heterocycles. The molecular weight excluding hydrogens is 250 g/mol. The number of nitrogens with zero attached hydrogens (tertiary/aromatic N) is 1. The van der Waals surface area contributed by atoms with Crippen LogP contribution in [0, 0.1) is 0 Å². The highest BCUT2D eigenvalue weighted by Gasteiger charge is 2.21. The lowest BCUT2D eigenvalue weighted by atomic mass is 10.0. The quantitative estimate of drug-likeness (QED) is 0.860. The van der Waals surface area contributed by atoms with Gasteiger partial charge in [0.15, 0.2) is 0 Å². The third kappa shape index (κ3) is 3.81. The van der Waals surface area contributed by atoms with Crippen molar-refractivity contribution in [2.24, 2.45) is 5.73 Å². The van der Waals surface area contributed by atoms with Gasteiger partial charge >= 0.3 is 0 Å². The Labute approximate surface area is 121 Å². The van der Waals surface area contributed by atoms with E-state index in [1.54, 1.807) is 0 Å². The van der Waals surface area contributed by atoms with E-state index >= 15 is 0 Å². The molecule has 1 fully saturated rings. The summed E-state index contributed by atoms with van der Waals surface area (Å²) in [6, 6.07) is 7.99. The SMILES string of the molecule is CCN1CCCCC1CNC(=O)c1ccc(CN)cc1. The van der Waals surface area contributed by atoms with Gasteiger partial charge in [-0.3, -0.25) is 9.69 Å². The first-order chi connectivity index (χ1) is 9.74. The molecule has 3 N–H and O–H groups in total. The molecule has 20 heavy (non-hydrogen) atoms.